The Morgan fingerprint density at radius 1 is 1.33 bits per heavy atom. The Kier molecular flexibility index (Phi) is 4.95. The van der Waals surface area contributed by atoms with Gasteiger partial charge in [-0.2, -0.15) is 0 Å². The molecule has 2 nitrogen and oxygen atoms in total. The predicted octanol–water partition coefficient (Wildman–Crippen LogP) is 3.64. The first kappa shape index (κ1) is 13.7. The third-order valence-corrected chi connectivity index (χ3v) is 4.65. The number of hydrogen-bond donors (Lipinski definition) is 1. The zero-order valence-electron chi connectivity index (χ0n) is 10.3. The highest BCUT2D eigenvalue weighted by atomic mass is 79.9. The minimum absolute atomic E-state index is 0.270. The summed E-state index contributed by atoms with van der Waals surface area (Å²) in [5, 5.41) is 2.11. The van der Waals surface area contributed by atoms with E-state index in [0.29, 0.717) is 6.54 Å². The molecular formula is C14H17BrN2S. The first-order valence-corrected chi connectivity index (χ1v) is 7.56. The molecule has 0 spiro atoms. The van der Waals surface area contributed by atoms with Crippen molar-refractivity contribution in [2.75, 3.05) is 13.6 Å². The lowest BCUT2D eigenvalue weighted by Gasteiger charge is -2.26. The van der Waals surface area contributed by atoms with Gasteiger partial charge in [0.05, 0.1) is 0 Å². The van der Waals surface area contributed by atoms with Crippen LogP contribution >= 0.6 is 27.3 Å². The normalized spacial score (nSPS) is 12.9. The van der Waals surface area contributed by atoms with E-state index in [0.717, 1.165) is 11.0 Å². The molecule has 1 unspecified atom stereocenters. The van der Waals surface area contributed by atoms with Crippen LogP contribution in [-0.2, 0) is 6.54 Å². The zero-order chi connectivity index (χ0) is 13.0. The summed E-state index contributed by atoms with van der Waals surface area (Å²) in [6, 6.07) is 12.9. The Hall–Kier alpha value is -0.680. The van der Waals surface area contributed by atoms with Crippen molar-refractivity contribution in [1.82, 2.24) is 4.90 Å². The molecule has 1 atom stereocenters. The largest absolute Gasteiger partial charge is 0.329 e. The molecule has 0 aliphatic rings. The Bertz CT molecular complexity index is 484. The minimum Gasteiger partial charge on any atom is -0.329 e. The topological polar surface area (TPSA) is 29.3 Å². The van der Waals surface area contributed by atoms with Crippen LogP contribution in [0, 0.1) is 0 Å². The second kappa shape index (κ2) is 6.48. The van der Waals surface area contributed by atoms with Crippen molar-refractivity contribution in [3.63, 3.8) is 0 Å². The van der Waals surface area contributed by atoms with Gasteiger partial charge in [0.2, 0.25) is 0 Å². The molecule has 4 heteroatoms. The number of halogens is 1. The molecular weight excluding hydrogens is 308 g/mol. The number of nitrogens with two attached hydrogens (primary N) is 1. The van der Waals surface area contributed by atoms with Gasteiger partial charge in [0.25, 0.3) is 0 Å². The number of hydrogen-bond acceptors (Lipinski definition) is 3. The number of likely N-dealkylation sites (N-methyl/N-ethyl adjacent to an activating group) is 1. The smallest absolute Gasteiger partial charge is 0.0471 e. The summed E-state index contributed by atoms with van der Waals surface area (Å²) >= 11 is 5.26. The van der Waals surface area contributed by atoms with Gasteiger partial charge in [-0.05, 0) is 34.6 Å². The highest BCUT2D eigenvalue weighted by Gasteiger charge is 2.15. The molecule has 1 aromatic carbocycles. The van der Waals surface area contributed by atoms with Gasteiger partial charge in [-0.15, -0.1) is 11.3 Å². The molecule has 2 rings (SSSR count). The van der Waals surface area contributed by atoms with E-state index in [1.807, 2.05) is 6.07 Å². The first-order valence-electron chi connectivity index (χ1n) is 5.89. The standard InChI is InChI=1S/C14H17BrN2S/c1-17(9-13-7-12(15)10-18-13)14(8-16)11-5-3-2-4-6-11/h2-7,10,14H,8-9,16H2,1H3. The average Bonchev–Trinajstić information content (AvgIpc) is 2.77. The molecule has 2 aromatic rings. The SMILES string of the molecule is CN(Cc1cc(Br)cs1)C(CN)c1ccccc1. The maximum Gasteiger partial charge on any atom is 0.0471 e. The van der Waals surface area contributed by atoms with Crippen molar-refractivity contribution in [1.29, 1.82) is 0 Å². The highest BCUT2D eigenvalue weighted by molar-refractivity contribution is 9.10. The lowest BCUT2D eigenvalue weighted by molar-refractivity contribution is 0.244. The van der Waals surface area contributed by atoms with Gasteiger partial charge < -0.3 is 5.73 Å². The number of benzene rings is 1. The molecule has 0 bridgehead atoms. The van der Waals surface area contributed by atoms with E-state index in [9.17, 15) is 0 Å². The van der Waals surface area contributed by atoms with E-state index in [1.54, 1.807) is 11.3 Å². The molecule has 0 amide bonds. The fourth-order valence-electron chi connectivity index (χ4n) is 2.04. The summed E-state index contributed by atoms with van der Waals surface area (Å²) in [4.78, 5) is 3.65. The van der Waals surface area contributed by atoms with Gasteiger partial charge in [0.15, 0.2) is 0 Å². The van der Waals surface area contributed by atoms with E-state index in [1.165, 1.54) is 10.4 Å². The van der Waals surface area contributed by atoms with Crippen molar-refractivity contribution in [3.05, 3.63) is 56.7 Å². The van der Waals surface area contributed by atoms with E-state index < -0.39 is 0 Å². The molecule has 1 aromatic heterocycles. The van der Waals surface area contributed by atoms with Crippen molar-refractivity contribution in [3.8, 4) is 0 Å². The summed E-state index contributed by atoms with van der Waals surface area (Å²) < 4.78 is 1.15. The fraction of sp³-hybridized carbons (Fsp3) is 0.286. The van der Waals surface area contributed by atoms with Crippen molar-refractivity contribution < 1.29 is 0 Å². The van der Waals surface area contributed by atoms with Gasteiger partial charge in [0.1, 0.15) is 0 Å². The highest BCUT2D eigenvalue weighted by Crippen LogP contribution is 2.24. The van der Waals surface area contributed by atoms with Crippen LogP contribution in [0.3, 0.4) is 0 Å². The summed E-state index contributed by atoms with van der Waals surface area (Å²) in [6.07, 6.45) is 0. The molecule has 0 aliphatic carbocycles. The molecule has 2 N–H and O–H groups in total. The van der Waals surface area contributed by atoms with E-state index >= 15 is 0 Å². The van der Waals surface area contributed by atoms with Crippen molar-refractivity contribution in [2.24, 2.45) is 5.73 Å². The van der Waals surface area contributed by atoms with Gasteiger partial charge >= 0.3 is 0 Å². The van der Waals surface area contributed by atoms with Crippen molar-refractivity contribution in [2.45, 2.75) is 12.6 Å². The van der Waals surface area contributed by atoms with Gasteiger partial charge in [-0.25, -0.2) is 0 Å². The zero-order valence-corrected chi connectivity index (χ0v) is 12.7. The molecule has 1 heterocycles. The quantitative estimate of drug-likeness (QED) is 0.909. The molecule has 0 aliphatic heterocycles. The van der Waals surface area contributed by atoms with Crippen LogP contribution in [0.4, 0.5) is 0 Å². The summed E-state index contributed by atoms with van der Waals surface area (Å²) in [6.45, 7) is 1.56. The van der Waals surface area contributed by atoms with Gasteiger partial charge in [-0.3, -0.25) is 4.90 Å². The number of nitrogens with zero attached hydrogens (tertiary/aromatic N) is 1. The van der Waals surface area contributed by atoms with E-state index in [-0.39, 0.29) is 6.04 Å². The lowest BCUT2D eigenvalue weighted by Crippen LogP contribution is -2.29. The lowest BCUT2D eigenvalue weighted by atomic mass is 10.1. The molecule has 0 saturated carbocycles. The van der Waals surface area contributed by atoms with E-state index in [4.69, 9.17) is 5.73 Å². The third kappa shape index (κ3) is 3.42. The molecule has 0 radical (unpaired) electrons. The Morgan fingerprint density at radius 2 is 2.06 bits per heavy atom. The summed E-state index contributed by atoms with van der Waals surface area (Å²) in [5.41, 5.74) is 7.19. The van der Waals surface area contributed by atoms with Crippen LogP contribution < -0.4 is 5.73 Å². The fourth-order valence-corrected chi connectivity index (χ4v) is 3.55. The molecule has 0 saturated heterocycles. The van der Waals surface area contributed by atoms with Crippen LogP contribution in [0.2, 0.25) is 0 Å². The number of thiophene rings is 1. The van der Waals surface area contributed by atoms with Crippen LogP contribution in [-0.4, -0.2) is 18.5 Å². The maximum atomic E-state index is 5.92. The van der Waals surface area contributed by atoms with Crippen LogP contribution in [0.5, 0.6) is 0 Å². The summed E-state index contributed by atoms with van der Waals surface area (Å²) in [7, 11) is 2.12. The Labute approximate surface area is 121 Å². The first-order chi connectivity index (χ1) is 8.70. The Balaban J connectivity index is 2.08. The average molecular weight is 325 g/mol. The van der Waals surface area contributed by atoms with E-state index in [2.05, 4.69) is 63.6 Å². The maximum absolute atomic E-state index is 5.92. The molecule has 0 fully saturated rings. The van der Waals surface area contributed by atoms with Gasteiger partial charge in [0, 0.05) is 33.9 Å². The molecule has 18 heavy (non-hydrogen) atoms. The van der Waals surface area contributed by atoms with Crippen molar-refractivity contribution >= 4 is 27.3 Å². The second-order valence-corrected chi connectivity index (χ2v) is 6.22. The Morgan fingerprint density at radius 3 is 2.61 bits per heavy atom. The van der Waals surface area contributed by atoms with Crippen LogP contribution in [0.1, 0.15) is 16.5 Å². The summed E-state index contributed by atoms with van der Waals surface area (Å²) in [5.74, 6) is 0. The van der Waals surface area contributed by atoms with Crippen LogP contribution in [0.25, 0.3) is 0 Å². The van der Waals surface area contributed by atoms with Gasteiger partial charge in [-0.1, -0.05) is 30.3 Å². The monoisotopic (exact) mass is 324 g/mol. The second-order valence-electron chi connectivity index (χ2n) is 4.31. The van der Waals surface area contributed by atoms with Crippen LogP contribution in [0.15, 0.2) is 46.3 Å². The third-order valence-electron chi connectivity index (χ3n) is 2.97. The predicted molar refractivity (Wildman–Crippen MR) is 81.7 cm³/mol. The number of rotatable bonds is 5. The minimum atomic E-state index is 0.270. The molecule has 96 valence electrons.